The van der Waals surface area contributed by atoms with Crippen LogP contribution in [0.1, 0.15) is 22.8 Å². The molecule has 136 valence electrons. The molecule has 0 spiro atoms. The van der Waals surface area contributed by atoms with Crippen LogP contribution in [0.25, 0.3) is 0 Å². The van der Waals surface area contributed by atoms with Crippen molar-refractivity contribution in [2.45, 2.75) is 13.5 Å². The molecule has 2 aromatic rings. The zero-order chi connectivity index (χ0) is 18.5. The summed E-state index contributed by atoms with van der Waals surface area (Å²) in [5.41, 5.74) is 1.34. The topological polar surface area (TPSA) is 78.0 Å². The van der Waals surface area contributed by atoms with E-state index in [0.29, 0.717) is 23.6 Å². The van der Waals surface area contributed by atoms with Crippen LogP contribution in [-0.2, 0) is 16.1 Å². The van der Waals surface area contributed by atoms with Crippen molar-refractivity contribution < 1.29 is 23.8 Å². The Bertz CT molecular complexity index is 794. The zero-order valence-corrected chi connectivity index (χ0v) is 14.7. The largest absolute Gasteiger partial charge is 0.469 e. The summed E-state index contributed by atoms with van der Waals surface area (Å²) in [6, 6.07) is 8.93. The lowest BCUT2D eigenvalue weighted by Crippen LogP contribution is -2.36. The minimum atomic E-state index is -0.449. The molecule has 1 atom stereocenters. The van der Waals surface area contributed by atoms with Gasteiger partial charge >= 0.3 is 5.97 Å². The summed E-state index contributed by atoms with van der Waals surface area (Å²) in [5, 5.41) is 0. The van der Waals surface area contributed by atoms with Gasteiger partial charge in [0.05, 0.1) is 18.6 Å². The first-order valence-corrected chi connectivity index (χ1v) is 8.24. The summed E-state index contributed by atoms with van der Waals surface area (Å²) in [6.45, 7) is 2.48. The first-order valence-electron chi connectivity index (χ1n) is 8.24. The lowest BCUT2D eigenvalue weighted by molar-refractivity contribution is -0.145. The standard InChI is InChI=1S/C19H20N2O5/c1-13(19(23)24-2)10-21(18(22)15-4-3-7-20-9-15)11-14-5-6-16-17(8-14)26-12-25-16/h3-9,13H,10-12H2,1-2H3. The van der Waals surface area contributed by atoms with Crippen LogP contribution in [0.3, 0.4) is 0 Å². The van der Waals surface area contributed by atoms with Gasteiger partial charge in [0.2, 0.25) is 6.79 Å². The number of methoxy groups -OCH3 is 1. The van der Waals surface area contributed by atoms with Crippen molar-refractivity contribution in [3.8, 4) is 11.5 Å². The van der Waals surface area contributed by atoms with E-state index in [1.807, 2.05) is 18.2 Å². The van der Waals surface area contributed by atoms with Crippen molar-refractivity contribution in [2.75, 3.05) is 20.4 Å². The molecule has 0 aliphatic carbocycles. The van der Waals surface area contributed by atoms with Gasteiger partial charge in [-0.15, -0.1) is 0 Å². The average molecular weight is 356 g/mol. The molecule has 0 fully saturated rings. The smallest absolute Gasteiger partial charge is 0.310 e. The van der Waals surface area contributed by atoms with E-state index in [1.54, 1.807) is 30.2 Å². The van der Waals surface area contributed by atoms with Crippen LogP contribution in [0.15, 0.2) is 42.7 Å². The van der Waals surface area contributed by atoms with Crippen LogP contribution in [-0.4, -0.2) is 42.2 Å². The van der Waals surface area contributed by atoms with Gasteiger partial charge in [-0.1, -0.05) is 13.0 Å². The number of ether oxygens (including phenoxy) is 3. The van der Waals surface area contributed by atoms with E-state index in [2.05, 4.69) is 4.98 Å². The number of aromatic nitrogens is 1. The third kappa shape index (κ3) is 3.93. The van der Waals surface area contributed by atoms with Crippen molar-refractivity contribution in [2.24, 2.45) is 5.92 Å². The Kier molecular flexibility index (Phi) is 5.36. The number of fused-ring (bicyclic) bond motifs is 1. The van der Waals surface area contributed by atoms with Gasteiger partial charge in [0.15, 0.2) is 11.5 Å². The molecule has 26 heavy (non-hydrogen) atoms. The molecule has 2 heterocycles. The average Bonchev–Trinajstić information content (AvgIpc) is 3.14. The number of carbonyl (C=O) groups excluding carboxylic acids is 2. The summed E-state index contributed by atoms with van der Waals surface area (Å²) in [7, 11) is 1.34. The minimum Gasteiger partial charge on any atom is -0.469 e. The Balaban J connectivity index is 1.82. The molecule has 1 aliphatic heterocycles. The fourth-order valence-electron chi connectivity index (χ4n) is 2.76. The first kappa shape index (κ1) is 17.7. The van der Waals surface area contributed by atoms with Gasteiger partial charge in [-0.2, -0.15) is 0 Å². The molecule has 0 radical (unpaired) electrons. The van der Waals surface area contributed by atoms with Crippen LogP contribution in [0.4, 0.5) is 0 Å². The van der Waals surface area contributed by atoms with Crippen molar-refractivity contribution in [1.82, 2.24) is 9.88 Å². The molecule has 1 aliphatic rings. The summed E-state index contributed by atoms with van der Waals surface area (Å²) in [6.07, 6.45) is 3.12. The van der Waals surface area contributed by atoms with E-state index >= 15 is 0 Å². The molecule has 0 N–H and O–H groups in total. The summed E-state index contributed by atoms with van der Waals surface area (Å²) in [4.78, 5) is 30.3. The quantitative estimate of drug-likeness (QED) is 0.739. The van der Waals surface area contributed by atoms with Crippen molar-refractivity contribution in [1.29, 1.82) is 0 Å². The summed E-state index contributed by atoms with van der Waals surface area (Å²) < 4.78 is 15.5. The fourth-order valence-corrected chi connectivity index (χ4v) is 2.76. The van der Waals surface area contributed by atoms with Crippen LogP contribution in [0.5, 0.6) is 11.5 Å². The van der Waals surface area contributed by atoms with Crippen LogP contribution < -0.4 is 9.47 Å². The van der Waals surface area contributed by atoms with Crippen LogP contribution in [0, 0.1) is 5.92 Å². The second kappa shape index (κ2) is 7.86. The number of hydrogen-bond donors (Lipinski definition) is 0. The van der Waals surface area contributed by atoms with Crippen LogP contribution >= 0.6 is 0 Å². The highest BCUT2D eigenvalue weighted by atomic mass is 16.7. The van der Waals surface area contributed by atoms with Gasteiger partial charge in [-0.3, -0.25) is 14.6 Å². The van der Waals surface area contributed by atoms with Crippen LogP contribution in [0.2, 0.25) is 0 Å². The highest BCUT2D eigenvalue weighted by molar-refractivity contribution is 5.94. The third-order valence-corrected chi connectivity index (χ3v) is 4.10. The van der Waals surface area contributed by atoms with Crippen molar-refractivity contribution in [3.63, 3.8) is 0 Å². The molecule has 3 rings (SSSR count). The lowest BCUT2D eigenvalue weighted by Gasteiger charge is -2.25. The van der Waals surface area contributed by atoms with Gasteiger partial charge in [-0.05, 0) is 29.8 Å². The molecule has 1 amide bonds. The van der Waals surface area contributed by atoms with Gasteiger partial charge in [0, 0.05) is 25.5 Å². The number of nitrogens with zero attached hydrogens (tertiary/aromatic N) is 2. The molecule has 1 aromatic heterocycles. The Morgan fingerprint density at radius 3 is 2.81 bits per heavy atom. The molecule has 0 saturated heterocycles. The van der Waals surface area contributed by atoms with E-state index in [-0.39, 0.29) is 25.2 Å². The van der Waals surface area contributed by atoms with E-state index in [1.165, 1.54) is 13.3 Å². The van der Waals surface area contributed by atoms with E-state index < -0.39 is 5.92 Å². The second-order valence-electron chi connectivity index (χ2n) is 6.04. The number of rotatable bonds is 6. The first-order chi connectivity index (χ1) is 12.6. The number of amides is 1. The molecule has 1 aromatic carbocycles. The Morgan fingerprint density at radius 1 is 1.27 bits per heavy atom. The summed E-state index contributed by atoms with van der Waals surface area (Å²) in [5.74, 6) is 0.319. The molecule has 0 bridgehead atoms. The number of carbonyl (C=O) groups is 2. The highest BCUT2D eigenvalue weighted by Crippen LogP contribution is 2.33. The van der Waals surface area contributed by atoms with Gasteiger partial charge in [-0.25, -0.2) is 0 Å². The SMILES string of the molecule is COC(=O)C(C)CN(Cc1ccc2c(c1)OCO2)C(=O)c1cccnc1. The molecular formula is C19H20N2O5. The molecular weight excluding hydrogens is 336 g/mol. The maximum atomic E-state index is 12.9. The van der Waals surface area contributed by atoms with E-state index in [9.17, 15) is 9.59 Å². The lowest BCUT2D eigenvalue weighted by atomic mass is 10.1. The van der Waals surface area contributed by atoms with Gasteiger partial charge in [0.1, 0.15) is 0 Å². The Morgan fingerprint density at radius 2 is 2.08 bits per heavy atom. The van der Waals surface area contributed by atoms with E-state index in [4.69, 9.17) is 14.2 Å². The number of pyridine rings is 1. The van der Waals surface area contributed by atoms with Crippen molar-refractivity contribution in [3.05, 3.63) is 53.9 Å². The van der Waals surface area contributed by atoms with Gasteiger partial charge < -0.3 is 19.1 Å². The zero-order valence-electron chi connectivity index (χ0n) is 14.7. The number of benzene rings is 1. The fraction of sp³-hybridized carbons (Fsp3) is 0.316. The highest BCUT2D eigenvalue weighted by Gasteiger charge is 2.24. The number of hydrogen-bond acceptors (Lipinski definition) is 6. The minimum absolute atomic E-state index is 0.191. The van der Waals surface area contributed by atoms with Crippen molar-refractivity contribution >= 4 is 11.9 Å². The Labute approximate surface area is 151 Å². The monoisotopic (exact) mass is 356 g/mol. The third-order valence-electron chi connectivity index (χ3n) is 4.10. The maximum Gasteiger partial charge on any atom is 0.310 e. The molecule has 7 nitrogen and oxygen atoms in total. The Hall–Kier alpha value is -3.09. The molecule has 7 heteroatoms. The molecule has 1 unspecified atom stereocenters. The molecule has 0 saturated carbocycles. The number of esters is 1. The maximum absolute atomic E-state index is 12.9. The normalized spacial score (nSPS) is 13.2. The summed E-state index contributed by atoms with van der Waals surface area (Å²) >= 11 is 0. The van der Waals surface area contributed by atoms with E-state index in [0.717, 1.165) is 5.56 Å². The van der Waals surface area contributed by atoms with Gasteiger partial charge in [0.25, 0.3) is 5.91 Å². The predicted molar refractivity (Wildman–Crippen MR) is 92.7 cm³/mol. The second-order valence-corrected chi connectivity index (χ2v) is 6.04. The predicted octanol–water partition coefficient (Wildman–Crippen LogP) is 2.26.